The number of likely N-dealkylation sites (tertiary alicyclic amines) is 1. The highest BCUT2D eigenvalue weighted by Gasteiger charge is 2.43. The van der Waals surface area contributed by atoms with Crippen LogP contribution in [0.3, 0.4) is 0 Å². The molecule has 0 bridgehead atoms. The van der Waals surface area contributed by atoms with Crippen LogP contribution in [0.1, 0.15) is 29.5 Å². The molecule has 1 spiro atoms. The largest absolute Gasteiger partial charge is 0.362 e. The highest BCUT2D eigenvalue weighted by molar-refractivity contribution is 5.95. The summed E-state index contributed by atoms with van der Waals surface area (Å²) in [6, 6.07) is 12.8. The summed E-state index contributed by atoms with van der Waals surface area (Å²) in [4.78, 5) is 16.6. The molecule has 5 heteroatoms. The van der Waals surface area contributed by atoms with Gasteiger partial charge in [-0.15, -0.1) is 0 Å². The quantitative estimate of drug-likeness (QED) is 0.809. The minimum Gasteiger partial charge on any atom is -0.362 e. The van der Waals surface area contributed by atoms with Gasteiger partial charge in [-0.1, -0.05) is 29.8 Å². The van der Waals surface area contributed by atoms with Crippen molar-refractivity contribution in [2.45, 2.75) is 38.8 Å². The van der Waals surface area contributed by atoms with Gasteiger partial charge >= 0.3 is 0 Å². The van der Waals surface area contributed by atoms with Crippen molar-refractivity contribution in [1.29, 1.82) is 0 Å². The standard InChI is InChI=1S/C23H27FN2O2/c1-17-7-8-19(18(2)11-17)13-25-10-4-9-23(15-25)16-26(22(27)14-28-23)21-6-3-5-20(24)12-21/h3,5-8,11-12H,4,9-10,13-16H2,1-2H3. The Labute approximate surface area is 165 Å². The Morgan fingerprint density at radius 1 is 1.14 bits per heavy atom. The molecule has 2 fully saturated rings. The fourth-order valence-electron chi connectivity index (χ4n) is 4.43. The first-order chi connectivity index (χ1) is 13.4. The van der Waals surface area contributed by atoms with Crippen molar-refractivity contribution in [2.24, 2.45) is 0 Å². The SMILES string of the molecule is Cc1ccc(CN2CCCC3(C2)CN(c2cccc(F)c2)C(=O)CO3)c(C)c1. The molecule has 1 unspecified atom stereocenters. The fraction of sp³-hybridized carbons (Fsp3) is 0.435. The van der Waals surface area contributed by atoms with Crippen LogP contribution in [0.5, 0.6) is 0 Å². The second-order valence-electron chi connectivity index (χ2n) is 8.18. The Kier molecular flexibility index (Phi) is 5.21. The van der Waals surface area contributed by atoms with E-state index in [9.17, 15) is 9.18 Å². The van der Waals surface area contributed by atoms with Gasteiger partial charge in [0.25, 0.3) is 5.91 Å². The van der Waals surface area contributed by atoms with Gasteiger partial charge in [-0.05, 0) is 62.6 Å². The molecule has 2 heterocycles. The second-order valence-corrected chi connectivity index (χ2v) is 8.18. The van der Waals surface area contributed by atoms with Gasteiger partial charge in [-0.25, -0.2) is 4.39 Å². The van der Waals surface area contributed by atoms with Gasteiger partial charge < -0.3 is 9.64 Å². The third-order valence-electron chi connectivity index (χ3n) is 5.88. The zero-order valence-corrected chi connectivity index (χ0v) is 16.6. The normalized spacial score (nSPS) is 23.4. The van der Waals surface area contributed by atoms with Crippen LogP contribution in [0.4, 0.5) is 10.1 Å². The summed E-state index contributed by atoms with van der Waals surface area (Å²) < 4.78 is 19.8. The van der Waals surface area contributed by atoms with Crippen molar-refractivity contribution in [3.8, 4) is 0 Å². The maximum atomic E-state index is 13.7. The number of halogens is 1. The molecule has 2 aliphatic heterocycles. The van der Waals surface area contributed by atoms with E-state index in [0.29, 0.717) is 12.2 Å². The van der Waals surface area contributed by atoms with E-state index in [-0.39, 0.29) is 18.3 Å². The molecule has 0 N–H and O–H groups in total. The fourth-order valence-corrected chi connectivity index (χ4v) is 4.43. The molecular weight excluding hydrogens is 355 g/mol. The Morgan fingerprint density at radius 3 is 2.79 bits per heavy atom. The van der Waals surface area contributed by atoms with Gasteiger partial charge in [0.15, 0.2) is 0 Å². The van der Waals surface area contributed by atoms with Crippen LogP contribution >= 0.6 is 0 Å². The van der Waals surface area contributed by atoms with Crippen molar-refractivity contribution in [1.82, 2.24) is 4.90 Å². The van der Waals surface area contributed by atoms with Crippen LogP contribution in [0.2, 0.25) is 0 Å². The van der Waals surface area contributed by atoms with E-state index in [1.165, 1.54) is 28.8 Å². The van der Waals surface area contributed by atoms with E-state index < -0.39 is 5.60 Å². The highest BCUT2D eigenvalue weighted by atomic mass is 19.1. The second kappa shape index (κ2) is 7.64. The molecule has 0 radical (unpaired) electrons. The summed E-state index contributed by atoms with van der Waals surface area (Å²) >= 11 is 0. The lowest BCUT2D eigenvalue weighted by atomic mass is 9.90. The smallest absolute Gasteiger partial charge is 0.253 e. The van der Waals surface area contributed by atoms with Gasteiger partial charge in [0, 0.05) is 18.8 Å². The van der Waals surface area contributed by atoms with E-state index in [2.05, 4.69) is 36.9 Å². The van der Waals surface area contributed by atoms with Crippen LogP contribution in [0.15, 0.2) is 42.5 Å². The van der Waals surface area contributed by atoms with Crippen LogP contribution in [0, 0.1) is 19.7 Å². The van der Waals surface area contributed by atoms with Crippen molar-refractivity contribution in [3.05, 3.63) is 65.0 Å². The Balaban J connectivity index is 1.51. The maximum Gasteiger partial charge on any atom is 0.253 e. The number of hydrogen-bond donors (Lipinski definition) is 0. The molecule has 0 aliphatic carbocycles. The zero-order valence-electron chi connectivity index (χ0n) is 16.6. The third kappa shape index (κ3) is 3.96. The molecule has 148 valence electrons. The number of amides is 1. The number of benzene rings is 2. The average molecular weight is 382 g/mol. The van der Waals surface area contributed by atoms with Crippen molar-refractivity contribution in [2.75, 3.05) is 31.1 Å². The zero-order chi connectivity index (χ0) is 19.7. The summed E-state index contributed by atoms with van der Waals surface area (Å²) in [5.41, 5.74) is 4.13. The van der Waals surface area contributed by atoms with Crippen molar-refractivity contribution >= 4 is 11.6 Å². The number of ether oxygens (including phenoxy) is 1. The molecular formula is C23H27FN2O2. The summed E-state index contributed by atoms with van der Waals surface area (Å²) in [6.45, 7) is 7.47. The molecule has 2 aromatic rings. The number of nitrogens with zero attached hydrogens (tertiary/aromatic N) is 2. The molecule has 0 saturated carbocycles. The Morgan fingerprint density at radius 2 is 2.00 bits per heavy atom. The minimum atomic E-state index is -0.392. The predicted octanol–water partition coefficient (Wildman–Crippen LogP) is 3.84. The molecule has 4 nitrogen and oxygen atoms in total. The first kappa shape index (κ1) is 19.1. The van der Waals surface area contributed by atoms with Gasteiger partial charge in [-0.2, -0.15) is 0 Å². The topological polar surface area (TPSA) is 32.8 Å². The van der Waals surface area contributed by atoms with E-state index in [0.717, 1.165) is 32.5 Å². The van der Waals surface area contributed by atoms with Crippen molar-refractivity contribution < 1.29 is 13.9 Å². The van der Waals surface area contributed by atoms with E-state index in [4.69, 9.17) is 4.74 Å². The number of rotatable bonds is 3. The lowest BCUT2D eigenvalue weighted by Gasteiger charge is -2.47. The Hall–Kier alpha value is -2.24. The van der Waals surface area contributed by atoms with Gasteiger partial charge in [0.1, 0.15) is 12.4 Å². The molecule has 0 aromatic heterocycles. The monoisotopic (exact) mass is 382 g/mol. The average Bonchev–Trinajstić information content (AvgIpc) is 2.67. The van der Waals surface area contributed by atoms with Gasteiger partial charge in [0.05, 0.1) is 12.1 Å². The number of carbonyl (C=O) groups excluding carboxylic acids is 1. The van der Waals surface area contributed by atoms with E-state index in [1.807, 2.05) is 0 Å². The number of piperidine rings is 1. The molecule has 1 amide bonds. The number of carbonyl (C=O) groups is 1. The number of aryl methyl sites for hydroxylation is 2. The third-order valence-corrected chi connectivity index (χ3v) is 5.88. The number of morpholine rings is 1. The molecule has 2 saturated heterocycles. The van der Waals surface area contributed by atoms with E-state index in [1.54, 1.807) is 17.0 Å². The Bertz CT molecular complexity index is 885. The number of anilines is 1. The summed E-state index contributed by atoms with van der Waals surface area (Å²) in [6.07, 6.45) is 1.94. The molecule has 28 heavy (non-hydrogen) atoms. The van der Waals surface area contributed by atoms with Crippen molar-refractivity contribution in [3.63, 3.8) is 0 Å². The first-order valence-corrected chi connectivity index (χ1v) is 9.93. The lowest BCUT2D eigenvalue weighted by molar-refractivity contribution is -0.146. The van der Waals surface area contributed by atoms with Crippen LogP contribution in [0.25, 0.3) is 0 Å². The van der Waals surface area contributed by atoms with Crippen LogP contribution < -0.4 is 4.90 Å². The predicted molar refractivity (Wildman–Crippen MR) is 108 cm³/mol. The minimum absolute atomic E-state index is 0.0495. The molecule has 2 aromatic carbocycles. The van der Waals surface area contributed by atoms with E-state index >= 15 is 0 Å². The number of hydrogen-bond acceptors (Lipinski definition) is 3. The first-order valence-electron chi connectivity index (χ1n) is 9.93. The molecule has 1 atom stereocenters. The molecule has 4 rings (SSSR count). The maximum absolute atomic E-state index is 13.7. The van der Waals surface area contributed by atoms with Crippen LogP contribution in [-0.4, -0.2) is 42.6 Å². The highest BCUT2D eigenvalue weighted by Crippen LogP contribution is 2.32. The summed E-state index contributed by atoms with van der Waals surface area (Å²) in [5.74, 6) is -0.436. The lowest BCUT2D eigenvalue weighted by Crippen LogP contribution is -2.61. The van der Waals surface area contributed by atoms with Crippen LogP contribution in [-0.2, 0) is 16.1 Å². The van der Waals surface area contributed by atoms with Gasteiger partial charge in [-0.3, -0.25) is 9.69 Å². The molecule has 2 aliphatic rings. The van der Waals surface area contributed by atoms with Gasteiger partial charge in [0.2, 0.25) is 0 Å². The summed E-state index contributed by atoms with van der Waals surface area (Å²) in [5, 5.41) is 0. The summed E-state index contributed by atoms with van der Waals surface area (Å²) in [7, 11) is 0.